The van der Waals surface area contributed by atoms with Crippen molar-refractivity contribution in [2.45, 2.75) is 43.4 Å². The second-order valence-electron chi connectivity index (χ2n) is 6.84. The van der Waals surface area contributed by atoms with Gasteiger partial charge in [-0.15, -0.1) is 0 Å². The highest BCUT2D eigenvalue weighted by Gasteiger charge is 2.13. The number of carbonyl (C=O) groups excluding carboxylic acids is 1. The summed E-state index contributed by atoms with van der Waals surface area (Å²) in [4.78, 5) is 16.6. The van der Waals surface area contributed by atoms with E-state index in [0.717, 1.165) is 22.5 Å². The second-order valence-corrected chi connectivity index (χ2v) is 7.77. The molecule has 1 aromatic heterocycles. The molecule has 0 atom stereocenters. The van der Waals surface area contributed by atoms with Crippen LogP contribution in [0, 0.1) is 0 Å². The number of anilines is 2. The molecule has 3 aromatic rings. The Balaban J connectivity index is 1.27. The molecule has 0 unspecified atom stereocenters. The highest BCUT2D eigenvalue weighted by Crippen LogP contribution is 2.24. The molecule has 4 rings (SSSR count). The maximum absolute atomic E-state index is 12.2. The van der Waals surface area contributed by atoms with Crippen molar-refractivity contribution < 1.29 is 9.21 Å². The molecule has 1 fully saturated rings. The van der Waals surface area contributed by atoms with Gasteiger partial charge in [0.1, 0.15) is 5.52 Å². The number of para-hydroxylation sites is 2. The number of hydrogen-bond donors (Lipinski definition) is 2. The first kappa shape index (κ1) is 17.9. The van der Waals surface area contributed by atoms with E-state index >= 15 is 0 Å². The second kappa shape index (κ2) is 8.48. The first-order chi connectivity index (χ1) is 13.3. The van der Waals surface area contributed by atoms with E-state index in [4.69, 9.17) is 4.42 Å². The Labute approximate surface area is 162 Å². The molecule has 27 heavy (non-hydrogen) atoms. The van der Waals surface area contributed by atoms with E-state index < -0.39 is 0 Å². The fraction of sp³-hybridized carbons (Fsp3) is 0.333. The number of benzene rings is 2. The minimum atomic E-state index is -0.0738. The lowest BCUT2D eigenvalue weighted by molar-refractivity contribution is -0.113. The van der Waals surface area contributed by atoms with E-state index in [0.29, 0.717) is 11.3 Å². The number of thioether (sulfide) groups is 1. The highest BCUT2D eigenvalue weighted by atomic mass is 32.2. The maximum atomic E-state index is 12.2. The Hall–Kier alpha value is -2.47. The molecule has 5 nitrogen and oxygen atoms in total. The number of nitrogens with zero attached hydrogens (tertiary/aromatic N) is 1. The molecule has 0 saturated heterocycles. The molecule has 1 aliphatic rings. The Kier molecular flexibility index (Phi) is 5.63. The van der Waals surface area contributed by atoms with Crippen molar-refractivity contribution in [1.29, 1.82) is 0 Å². The lowest BCUT2D eigenvalue weighted by atomic mass is 9.95. The maximum Gasteiger partial charge on any atom is 0.257 e. The average molecular weight is 382 g/mol. The van der Waals surface area contributed by atoms with Crippen LogP contribution in [0.25, 0.3) is 11.1 Å². The normalized spacial score (nSPS) is 15.0. The summed E-state index contributed by atoms with van der Waals surface area (Å²) in [5.41, 5.74) is 3.45. The molecule has 1 heterocycles. The van der Waals surface area contributed by atoms with E-state index in [1.807, 2.05) is 48.5 Å². The van der Waals surface area contributed by atoms with E-state index in [1.54, 1.807) is 0 Å². The summed E-state index contributed by atoms with van der Waals surface area (Å²) in [6, 6.07) is 16.1. The van der Waals surface area contributed by atoms with Crippen LogP contribution in [-0.4, -0.2) is 22.7 Å². The third-order valence-electron chi connectivity index (χ3n) is 4.75. The largest absolute Gasteiger partial charge is 0.431 e. The fourth-order valence-corrected chi connectivity index (χ4v) is 4.01. The summed E-state index contributed by atoms with van der Waals surface area (Å²) < 4.78 is 5.62. The molecular formula is C21H23N3O2S. The van der Waals surface area contributed by atoms with Crippen molar-refractivity contribution in [3.63, 3.8) is 0 Å². The molecule has 1 aliphatic carbocycles. The smallest absolute Gasteiger partial charge is 0.257 e. The van der Waals surface area contributed by atoms with Crippen LogP contribution in [0.3, 0.4) is 0 Å². The van der Waals surface area contributed by atoms with Gasteiger partial charge in [-0.1, -0.05) is 43.2 Å². The summed E-state index contributed by atoms with van der Waals surface area (Å²) in [6.07, 6.45) is 6.45. The van der Waals surface area contributed by atoms with Crippen molar-refractivity contribution in [2.75, 3.05) is 16.4 Å². The van der Waals surface area contributed by atoms with E-state index in [2.05, 4.69) is 15.6 Å². The third-order valence-corrected chi connectivity index (χ3v) is 5.57. The third kappa shape index (κ3) is 4.83. The number of rotatable bonds is 6. The van der Waals surface area contributed by atoms with E-state index in [-0.39, 0.29) is 11.7 Å². The van der Waals surface area contributed by atoms with Gasteiger partial charge >= 0.3 is 0 Å². The molecule has 0 spiro atoms. The summed E-state index contributed by atoms with van der Waals surface area (Å²) in [5, 5.41) is 7.02. The number of amides is 1. The fourth-order valence-electron chi connectivity index (χ4n) is 3.37. The molecule has 2 N–H and O–H groups in total. The summed E-state index contributed by atoms with van der Waals surface area (Å²) in [6.45, 7) is 0. The van der Waals surface area contributed by atoms with Gasteiger partial charge in [-0.05, 0) is 49.2 Å². The number of oxazole rings is 1. The number of hydrogen-bond acceptors (Lipinski definition) is 5. The van der Waals surface area contributed by atoms with Crippen LogP contribution in [0.1, 0.15) is 32.1 Å². The van der Waals surface area contributed by atoms with Gasteiger partial charge in [0.05, 0.1) is 5.75 Å². The van der Waals surface area contributed by atoms with Gasteiger partial charge in [-0.2, -0.15) is 0 Å². The van der Waals surface area contributed by atoms with Gasteiger partial charge in [-0.25, -0.2) is 4.98 Å². The van der Waals surface area contributed by atoms with Crippen LogP contribution in [0.15, 0.2) is 58.2 Å². The molecule has 0 aliphatic heterocycles. The predicted molar refractivity (Wildman–Crippen MR) is 110 cm³/mol. The SMILES string of the molecule is O=C(CSc1nc2ccccc2o1)Nc1ccc(NC2CCCCC2)cc1. The molecule has 6 heteroatoms. The monoisotopic (exact) mass is 381 g/mol. The molecule has 0 radical (unpaired) electrons. The minimum absolute atomic E-state index is 0.0738. The van der Waals surface area contributed by atoms with Gasteiger partial charge in [0.25, 0.3) is 5.22 Å². The topological polar surface area (TPSA) is 67.2 Å². The lowest BCUT2D eigenvalue weighted by Crippen LogP contribution is -2.22. The Morgan fingerprint density at radius 3 is 2.56 bits per heavy atom. The van der Waals surface area contributed by atoms with Crippen molar-refractivity contribution in [3.8, 4) is 0 Å². The quantitative estimate of drug-likeness (QED) is 0.567. The zero-order valence-corrected chi connectivity index (χ0v) is 15.9. The Morgan fingerprint density at radius 2 is 1.78 bits per heavy atom. The standard InChI is InChI=1S/C21H23N3O2S/c25-20(14-27-21-24-18-8-4-5-9-19(18)26-21)23-17-12-10-16(11-13-17)22-15-6-2-1-3-7-15/h4-5,8-13,15,22H,1-3,6-7,14H2,(H,23,25). The van der Waals surface area contributed by atoms with E-state index in [9.17, 15) is 4.79 Å². The Bertz CT molecular complexity index is 868. The first-order valence-electron chi connectivity index (χ1n) is 9.41. The van der Waals surface area contributed by atoms with Crippen molar-refractivity contribution in [1.82, 2.24) is 4.98 Å². The van der Waals surface area contributed by atoms with Crippen molar-refractivity contribution in [2.24, 2.45) is 0 Å². The minimum Gasteiger partial charge on any atom is -0.431 e. The van der Waals surface area contributed by atoms with Crippen LogP contribution in [-0.2, 0) is 4.79 Å². The Morgan fingerprint density at radius 1 is 1.04 bits per heavy atom. The number of fused-ring (bicyclic) bond motifs is 1. The summed E-state index contributed by atoms with van der Waals surface area (Å²) in [5.74, 6) is 0.185. The van der Waals surface area contributed by atoms with Gasteiger partial charge in [-0.3, -0.25) is 4.79 Å². The summed E-state index contributed by atoms with van der Waals surface area (Å²) in [7, 11) is 0. The van der Waals surface area contributed by atoms with Crippen molar-refractivity contribution in [3.05, 3.63) is 48.5 Å². The number of nitrogens with one attached hydrogen (secondary N) is 2. The lowest BCUT2D eigenvalue weighted by Gasteiger charge is -2.23. The molecule has 1 saturated carbocycles. The van der Waals surface area contributed by atoms with Crippen molar-refractivity contribution >= 4 is 40.1 Å². The number of aromatic nitrogens is 1. The van der Waals surface area contributed by atoms with E-state index in [1.165, 1.54) is 43.9 Å². The molecule has 2 aromatic carbocycles. The first-order valence-corrected chi connectivity index (χ1v) is 10.4. The van der Waals surface area contributed by atoms with Gasteiger partial charge in [0.15, 0.2) is 5.58 Å². The zero-order chi connectivity index (χ0) is 18.5. The summed E-state index contributed by atoms with van der Waals surface area (Å²) >= 11 is 1.30. The molecule has 0 bridgehead atoms. The molecular weight excluding hydrogens is 358 g/mol. The van der Waals surface area contributed by atoms with Crippen LogP contribution >= 0.6 is 11.8 Å². The highest BCUT2D eigenvalue weighted by molar-refractivity contribution is 7.99. The molecule has 140 valence electrons. The van der Waals surface area contributed by atoms with Crippen LogP contribution in [0.4, 0.5) is 11.4 Å². The predicted octanol–water partition coefficient (Wildman–Crippen LogP) is 5.30. The van der Waals surface area contributed by atoms with Crippen LogP contribution in [0.5, 0.6) is 0 Å². The van der Waals surface area contributed by atoms with Gasteiger partial charge < -0.3 is 15.1 Å². The van der Waals surface area contributed by atoms with Gasteiger partial charge in [0.2, 0.25) is 5.91 Å². The number of carbonyl (C=O) groups is 1. The average Bonchev–Trinajstić information content (AvgIpc) is 3.12. The molecule has 1 amide bonds. The van der Waals surface area contributed by atoms with Gasteiger partial charge in [0, 0.05) is 17.4 Å². The van der Waals surface area contributed by atoms with Crippen LogP contribution in [0.2, 0.25) is 0 Å². The van der Waals surface area contributed by atoms with Crippen LogP contribution < -0.4 is 10.6 Å². The zero-order valence-electron chi connectivity index (χ0n) is 15.1.